The quantitative estimate of drug-likeness (QED) is 0.713. The van der Waals surface area contributed by atoms with Crippen LogP contribution in [0, 0.1) is 6.92 Å². The Hall–Kier alpha value is -3.15. The molecular formula is C18H19N5O. The summed E-state index contributed by atoms with van der Waals surface area (Å²) >= 11 is 0. The number of rotatable bonds is 6. The van der Waals surface area contributed by atoms with Crippen LogP contribution in [-0.2, 0) is 0 Å². The minimum Gasteiger partial charge on any atom is -0.494 e. The number of aryl methyl sites for hydroxylation is 1. The Morgan fingerprint density at radius 1 is 1.00 bits per heavy atom. The summed E-state index contributed by atoms with van der Waals surface area (Å²) in [5.41, 5.74) is 2.98. The van der Waals surface area contributed by atoms with Crippen molar-refractivity contribution in [3.05, 3.63) is 60.3 Å². The Labute approximate surface area is 140 Å². The second kappa shape index (κ2) is 7.41. The van der Waals surface area contributed by atoms with Crippen LogP contribution >= 0.6 is 0 Å². The Kier molecular flexibility index (Phi) is 4.86. The number of para-hydroxylation sites is 1. The molecule has 0 aliphatic rings. The molecule has 122 valence electrons. The van der Waals surface area contributed by atoms with Gasteiger partial charge in [-0.15, -0.1) is 5.10 Å². The van der Waals surface area contributed by atoms with Crippen LogP contribution in [0.1, 0.15) is 12.5 Å². The number of anilines is 4. The van der Waals surface area contributed by atoms with Gasteiger partial charge in [0.15, 0.2) is 5.82 Å². The Balaban J connectivity index is 1.72. The van der Waals surface area contributed by atoms with Gasteiger partial charge in [-0.2, -0.15) is 10.1 Å². The normalized spacial score (nSPS) is 10.2. The fraction of sp³-hybridized carbons (Fsp3) is 0.167. The number of benzene rings is 2. The minimum atomic E-state index is 0.445. The smallest absolute Gasteiger partial charge is 0.249 e. The first kappa shape index (κ1) is 15.7. The van der Waals surface area contributed by atoms with Crippen molar-refractivity contribution in [2.24, 2.45) is 0 Å². The van der Waals surface area contributed by atoms with E-state index in [0.29, 0.717) is 18.4 Å². The molecular weight excluding hydrogens is 302 g/mol. The largest absolute Gasteiger partial charge is 0.494 e. The van der Waals surface area contributed by atoms with Crippen molar-refractivity contribution in [2.45, 2.75) is 13.8 Å². The van der Waals surface area contributed by atoms with Crippen LogP contribution in [-0.4, -0.2) is 21.8 Å². The Bertz CT molecular complexity index is 805. The highest BCUT2D eigenvalue weighted by Gasteiger charge is 2.04. The van der Waals surface area contributed by atoms with E-state index in [2.05, 4.69) is 25.8 Å². The molecule has 0 atom stereocenters. The van der Waals surface area contributed by atoms with Crippen molar-refractivity contribution in [3.8, 4) is 5.75 Å². The molecule has 2 aromatic carbocycles. The summed E-state index contributed by atoms with van der Waals surface area (Å²) in [6.45, 7) is 4.63. The summed E-state index contributed by atoms with van der Waals surface area (Å²) < 4.78 is 5.43. The van der Waals surface area contributed by atoms with E-state index in [1.54, 1.807) is 6.20 Å². The van der Waals surface area contributed by atoms with Crippen molar-refractivity contribution in [1.29, 1.82) is 0 Å². The number of nitrogens with zero attached hydrogens (tertiary/aromatic N) is 3. The van der Waals surface area contributed by atoms with E-state index in [9.17, 15) is 0 Å². The number of nitrogens with one attached hydrogen (secondary N) is 2. The summed E-state index contributed by atoms with van der Waals surface area (Å²) in [6.07, 6.45) is 1.58. The fourth-order valence-corrected chi connectivity index (χ4v) is 2.20. The van der Waals surface area contributed by atoms with Gasteiger partial charge < -0.3 is 15.4 Å². The van der Waals surface area contributed by atoms with Gasteiger partial charge in [-0.05, 0) is 49.7 Å². The molecule has 0 spiro atoms. The molecule has 0 aliphatic heterocycles. The van der Waals surface area contributed by atoms with Crippen LogP contribution in [0.3, 0.4) is 0 Å². The van der Waals surface area contributed by atoms with Gasteiger partial charge in [0.25, 0.3) is 0 Å². The SMILES string of the molecule is CCOc1ccc(Nc2cnnc(Nc3ccccc3C)n2)cc1. The predicted molar refractivity (Wildman–Crippen MR) is 95.2 cm³/mol. The van der Waals surface area contributed by atoms with Gasteiger partial charge >= 0.3 is 0 Å². The van der Waals surface area contributed by atoms with E-state index in [1.807, 2.05) is 62.4 Å². The van der Waals surface area contributed by atoms with E-state index in [0.717, 1.165) is 22.7 Å². The van der Waals surface area contributed by atoms with E-state index in [-0.39, 0.29) is 0 Å². The highest BCUT2D eigenvalue weighted by Crippen LogP contribution is 2.20. The third kappa shape index (κ3) is 3.98. The number of hydrogen-bond donors (Lipinski definition) is 2. The molecule has 0 bridgehead atoms. The van der Waals surface area contributed by atoms with Crippen LogP contribution in [0.15, 0.2) is 54.7 Å². The molecule has 0 unspecified atom stereocenters. The maximum absolute atomic E-state index is 5.43. The van der Waals surface area contributed by atoms with Crippen LogP contribution in [0.25, 0.3) is 0 Å². The topological polar surface area (TPSA) is 72.0 Å². The van der Waals surface area contributed by atoms with Crippen LogP contribution in [0.2, 0.25) is 0 Å². The highest BCUT2D eigenvalue weighted by atomic mass is 16.5. The molecule has 6 heteroatoms. The van der Waals surface area contributed by atoms with Crippen molar-refractivity contribution >= 4 is 23.1 Å². The zero-order valence-electron chi connectivity index (χ0n) is 13.7. The van der Waals surface area contributed by atoms with Gasteiger partial charge in [0, 0.05) is 11.4 Å². The molecule has 2 N–H and O–H groups in total. The molecule has 3 rings (SSSR count). The summed E-state index contributed by atoms with van der Waals surface area (Å²) in [5, 5.41) is 14.4. The fourth-order valence-electron chi connectivity index (χ4n) is 2.20. The van der Waals surface area contributed by atoms with E-state index >= 15 is 0 Å². The first-order valence-corrected chi connectivity index (χ1v) is 7.77. The molecule has 3 aromatic rings. The standard InChI is InChI=1S/C18H19N5O/c1-3-24-15-10-8-14(9-11-15)20-17-12-19-23-18(22-17)21-16-7-5-4-6-13(16)2/h4-12H,3H2,1-2H3,(H2,20,21,22,23). The lowest BCUT2D eigenvalue weighted by atomic mass is 10.2. The molecule has 0 aliphatic carbocycles. The van der Waals surface area contributed by atoms with Gasteiger partial charge in [0.1, 0.15) is 5.75 Å². The molecule has 0 radical (unpaired) electrons. The first-order valence-electron chi connectivity index (χ1n) is 7.77. The molecule has 6 nitrogen and oxygen atoms in total. The molecule has 24 heavy (non-hydrogen) atoms. The lowest BCUT2D eigenvalue weighted by molar-refractivity contribution is 0.340. The first-order chi connectivity index (χ1) is 11.7. The highest BCUT2D eigenvalue weighted by molar-refractivity contribution is 5.61. The second-order valence-corrected chi connectivity index (χ2v) is 5.19. The van der Waals surface area contributed by atoms with Gasteiger partial charge in [0.05, 0.1) is 12.8 Å². The maximum Gasteiger partial charge on any atom is 0.249 e. The summed E-state index contributed by atoms with van der Waals surface area (Å²) in [5.74, 6) is 1.90. The van der Waals surface area contributed by atoms with E-state index in [4.69, 9.17) is 4.74 Å². The molecule has 1 aromatic heterocycles. The average molecular weight is 321 g/mol. The summed E-state index contributed by atoms with van der Waals surface area (Å²) in [4.78, 5) is 4.44. The van der Waals surface area contributed by atoms with Crippen molar-refractivity contribution < 1.29 is 4.74 Å². The van der Waals surface area contributed by atoms with Crippen molar-refractivity contribution in [1.82, 2.24) is 15.2 Å². The van der Waals surface area contributed by atoms with E-state index in [1.165, 1.54) is 0 Å². The van der Waals surface area contributed by atoms with E-state index < -0.39 is 0 Å². The third-order valence-electron chi connectivity index (χ3n) is 3.39. The molecule has 0 amide bonds. The number of ether oxygens (including phenoxy) is 1. The third-order valence-corrected chi connectivity index (χ3v) is 3.39. The number of hydrogen-bond acceptors (Lipinski definition) is 6. The average Bonchev–Trinajstić information content (AvgIpc) is 2.59. The maximum atomic E-state index is 5.43. The Morgan fingerprint density at radius 3 is 2.54 bits per heavy atom. The molecule has 0 fully saturated rings. The lowest BCUT2D eigenvalue weighted by Gasteiger charge is -2.10. The van der Waals surface area contributed by atoms with Crippen LogP contribution in [0.5, 0.6) is 5.75 Å². The molecule has 0 saturated carbocycles. The van der Waals surface area contributed by atoms with Gasteiger partial charge in [-0.25, -0.2) is 0 Å². The van der Waals surface area contributed by atoms with Crippen LogP contribution < -0.4 is 15.4 Å². The monoisotopic (exact) mass is 321 g/mol. The van der Waals surface area contributed by atoms with Crippen molar-refractivity contribution in [3.63, 3.8) is 0 Å². The van der Waals surface area contributed by atoms with Gasteiger partial charge in [0.2, 0.25) is 5.95 Å². The molecule has 1 heterocycles. The summed E-state index contributed by atoms with van der Waals surface area (Å²) in [7, 11) is 0. The minimum absolute atomic E-state index is 0.445. The lowest BCUT2D eigenvalue weighted by Crippen LogP contribution is -2.03. The number of aromatic nitrogens is 3. The van der Waals surface area contributed by atoms with Gasteiger partial charge in [-0.1, -0.05) is 18.2 Å². The summed E-state index contributed by atoms with van der Waals surface area (Å²) in [6, 6.07) is 15.6. The van der Waals surface area contributed by atoms with Crippen LogP contribution in [0.4, 0.5) is 23.1 Å². The second-order valence-electron chi connectivity index (χ2n) is 5.19. The van der Waals surface area contributed by atoms with Crippen molar-refractivity contribution in [2.75, 3.05) is 17.2 Å². The zero-order chi connectivity index (χ0) is 16.8. The molecule has 0 saturated heterocycles. The predicted octanol–water partition coefficient (Wildman–Crippen LogP) is 4.07. The van der Waals surface area contributed by atoms with Gasteiger partial charge in [-0.3, -0.25) is 0 Å². The zero-order valence-corrected chi connectivity index (χ0v) is 13.7. The Morgan fingerprint density at radius 2 is 1.79 bits per heavy atom.